The lowest BCUT2D eigenvalue weighted by Gasteiger charge is -2.28. The molecule has 1 unspecified atom stereocenters. The fraction of sp³-hybridized carbons (Fsp3) is 0.800. The summed E-state index contributed by atoms with van der Waals surface area (Å²) in [7, 11) is 3.69. The third-order valence-corrected chi connectivity index (χ3v) is 2.46. The normalized spacial score (nSPS) is 13.8. The summed E-state index contributed by atoms with van der Waals surface area (Å²) in [6.07, 6.45) is 0. The van der Waals surface area contributed by atoms with Crippen LogP contribution in [0, 0.1) is 6.92 Å². The average Bonchev–Trinajstić information content (AvgIpc) is 2.60. The summed E-state index contributed by atoms with van der Waals surface area (Å²) in [5.41, 5.74) is 0. The molecule has 0 aliphatic heterocycles. The first-order valence-electron chi connectivity index (χ1n) is 5.07. The highest BCUT2D eigenvalue weighted by Crippen LogP contribution is 2.20. The van der Waals surface area contributed by atoms with Crippen molar-refractivity contribution in [2.75, 3.05) is 20.8 Å². The summed E-state index contributed by atoms with van der Waals surface area (Å²) in [6, 6.07) is 0.425. The third kappa shape index (κ3) is 3.00. The fourth-order valence-electron chi connectivity index (χ4n) is 1.33. The van der Waals surface area contributed by atoms with Gasteiger partial charge in [-0.2, -0.15) is 0 Å². The molecule has 0 fully saturated rings. The zero-order valence-electron chi connectivity index (χ0n) is 10.0. The molecule has 0 amide bonds. The van der Waals surface area contributed by atoms with Gasteiger partial charge in [-0.25, -0.2) is 0 Å². The number of ether oxygens (including phenoxy) is 1. The molecule has 0 aliphatic carbocycles. The Balaban J connectivity index is 2.82. The maximum atomic E-state index is 5.43. The van der Waals surface area contributed by atoms with E-state index in [9.17, 15) is 0 Å². The van der Waals surface area contributed by atoms with Crippen LogP contribution in [0.4, 0.5) is 0 Å². The van der Waals surface area contributed by atoms with E-state index in [1.54, 1.807) is 14.0 Å². The van der Waals surface area contributed by atoms with Gasteiger partial charge < -0.3 is 9.15 Å². The average molecular weight is 213 g/mol. The van der Waals surface area contributed by atoms with E-state index in [0.717, 1.165) is 0 Å². The van der Waals surface area contributed by atoms with Gasteiger partial charge in [0.1, 0.15) is 6.04 Å². The molecule has 0 aliphatic rings. The molecule has 5 nitrogen and oxygen atoms in total. The van der Waals surface area contributed by atoms with E-state index in [2.05, 4.69) is 28.9 Å². The van der Waals surface area contributed by atoms with E-state index >= 15 is 0 Å². The van der Waals surface area contributed by atoms with Crippen LogP contribution in [0.1, 0.15) is 31.7 Å². The third-order valence-electron chi connectivity index (χ3n) is 2.46. The predicted molar refractivity (Wildman–Crippen MR) is 56.6 cm³/mol. The molecule has 0 N–H and O–H groups in total. The van der Waals surface area contributed by atoms with Gasteiger partial charge in [0, 0.05) is 20.1 Å². The van der Waals surface area contributed by atoms with Crippen molar-refractivity contribution in [3.63, 3.8) is 0 Å². The standard InChI is InChI=1S/C10H19N3O2/c1-7(2)13(4)9(6-14-5)10-12-11-8(3)15-10/h7,9H,6H2,1-5H3. The highest BCUT2D eigenvalue weighted by atomic mass is 16.5. The Labute approximate surface area is 90.4 Å². The monoisotopic (exact) mass is 213 g/mol. The number of hydrogen-bond donors (Lipinski definition) is 0. The molecule has 1 aromatic heterocycles. The fourth-order valence-corrected chi connectivity index (χ4v) is 1.33. The van der Waals surface area contributed by atoms with Crippen molar-refractivity contribution in [2.24, 2.45) is 0 Å². The number of nitrogens with zero attached hydrogens (tertiary/aromatic N) is 3. The molecule has 0 saturated heterocycles. The second-order valence-electron chi connectivity index (χ2n) is 3.89. The van der Waals surface area contributed by atoms with E-state index in [1.807, 2.05) is 7.05 Å². The van der Waals surface area contributed by atoms with Crippen molar-refractivity contribution in [1.29, 1.82) is 0 Å². The number of methoxy groups -OCH3 is 1. The van der Waals surface area contributed by atoms with Gasteiger partial charge >= 0.3 is 0 Å². The molecule has 5 heteroatoms. The van der Waals surface area contributed by atoms with Crippen LogP contribution in [-0.4, -0.2) is 41.9 Å². The molecule has 1 heterocycles. The minimum Gasteiger partial charge on any atom is -0.424 e. The van der Waals surface area contributed by atoms with Gasteiger partial charge in [0.05, 0.1) is 6.61 Å². The Morgan fingerprint density at radius 3 is 2.47 bits per heavy atom. The van der Waals surface area contributed by atoms with E-state index < -0.39 is 0 Å². The number of aryl methyl sites for hydroxylation is 1. The Kier molecular flexibility index (Phi) is 4.23. The topological polar surface area (TPSA) is 51.4 Å². The Morgan fingerprint density at radius 2 is 2.07 bits per heavy atom. The van der Waals surface area contributed by atoms with Crippen molar-refractivity contribution in [3.05, 3.63) is 11.8 Å². The predicted octanol–water partition coefficient (Wildman–Crippen LogP) is 1.41. The van der Waals surface area contributed by atoms with Gasteiger partial charge in [-0.05, 0) is 20.9 Å². The molecule has 86 valence electrons. The van der Waals surface area contributed by atoms with Crippen LogP contribution in [0.25, 0.3) is 0 Å². The summed E-state index contributed by atoms with van der Waals surface area (Å²) in [6.45, 7) is 6.57. The number of aromatic nitrogens is 2. The van der Waals surface area contributed by atoms with E-state index in [4.69, 9.17) is 9.15 Å². The van der Waals surface area contributed by atoms with Gasteiger partial charge in [0.25, 0.3) is 0 Å². The molecule has 1 rings (SSSR count). The lowest BCUT2D eigenvalue weighted by Crippen LogP contribution is -2.33. The molecule has 0 radical (unpaired) electrons. The van der Waals surface area contributed by atoms with Crippen LogP contribution in [-0.2, 0) is 4.74 Å². The first-order valence-corrected chi connectivity index (χ1v) is 5.07. The summed E-state index contributed by atoms with van der Waals surface area (Å²) < 4.78 is 10.6. The number of hydrogen-bond acceptors (Lipinski definition) is 5. The summed E-state index contributed by atoms with van der Waals surface area (Å²) in [5.74, 6) is 1.20. The van der Waals surface area contributed by atoms with Crippen molar-refractivity contribution < 1.29 is 9.15 Å². The lowest BCUT2D eigenvalue weighted by molar-refractivity contribution is 0.0728. The quantitative estimate of drug-likeness (QED) is 0.740. The molecule has 0 spiro atoms. The zero-order chi connectivity index (χ0) is 11.4. The minimum absolute atomic E-state index is 0.0243. The molecular formula is C10H19N3O2. The molecule has 0 bridgehead atoms. The van der Waals surface area contributed by atoms with E-state index in [-0.39, 0.29) is 6.04 Å². The SMILES string of the molecule is COCC(c1nnc(C)o1)N(C)C(C)C. The summed E-state index contributed by atoms with van der Waals surface area (Å²) in [5, 5.41) is 7.86. The second kappa shape index (κ2) is 5.23. The van der Waals surface area contributed by atoms with E-state index in [1.165, 1.54) is 0 Å². The molecule has 1 atom stereocenters. The number of likely N-dealkylation sites (N-methyl/N-ethyl adjacent to an activating group) is 1. The van der Waals surface area contributed by atoms with Gasteiger partial charge in [-0.3, -0.25) is 4.90 Å². The van der Waals surface area contributed by atoms with Crippen LogP contribution < -0.4 is 0 Å². The summed E-state index contributed by atoms with van der Waals surface area (Å²) >= 11 is 0. The Hall–Kier alpha value is -0.940. The van der Waals surface area contributed by atoms with Crippen molar-refractivity contribution in [2.45, 2.75) is 32.9 Å². The van der Waals surface area contributed by atoms with Crippen LogP contribution in [0.3, 0.4) is 0 Å². The maximum absolute atomic E-state index is 5.43. The summed E-state index contributed by atoms with van der Waals surface area (Å²) in [4.78, 5) is 2.15. The Morgan fingerprint density at radius 1 is 1.40 bits per heavy atom. The van der Waals surface area contributed by atoms with Crippen molar-refractivity contribution in [3.8, 4) is 0 Å². The van der Waals surface area contributed by atoms with E-state index in [0.29, 0.717) is 24.4 Å². The molecular weight excluding hydrogens is 194 g/mol. The first kappa shape index (κ1) is 12.1. The van der Waals surface area contributed by atoms with Crippen molar-refractivity contribution in [1.82, 2.24) is 15.1 Å². The molecule has 15 heavy (non-hydrogen) atoms. The smallest absolute Gasteiger partial charge is 0.235 e. The highest BCUT2D eigenvalue weighted by Gasteiger charge is 2.24. The van der Waals surface area contributed by atoms with Gasteiger partial charge in [-0.15, -0.1) is 10.2 Å². The first-order chi connectivity index (χ1) is 7.06. The zero-order valence-corrected chi connectivity index (χ0v) is 10.0. The van der Waals surface area contributed by atoms with Crippen LogP contribution in [0.5, 0.6) is 0 Å². The molecule has 0 aromatic carbocycles. The minimum atomic E-state index is 0.0243. The maximum Gasteiger partial charge on any atom is 0.235 e. The Bertz CT molecular complexity index is 299. The number of rotatable bonds is 5. The molecule has 0 saturated carbocycles. The molecule has 1 aromatic rings. The largest absolute Gasteiger partial charge is 0.424 e. The highest BCUT2D eigenvalue weighted by molar-refractivity contribution is 4.90. The van der Waals surface area contributed by atoms with Crippen molar-refractivity contribution >= 4 is 0 Å². The lowest BCUT2D eigenvalue weighted by atomic mass is 10.2. The van der Waals surface area contributed by atoms with Gasteiger partial charge in [0.15, 0.2) is 0 Å². The van der Waals surface area contributed by atoms with Crippen LogP contribution in [0.2, 0.25) is 0 Å². The van der Waals surface area contributed by atoms with Crippen LogP contribution >= 0.6 is 0 Å². The van der Waals surface area contributed by atoms with Crippen LogP contribution in [0.15, 0.2) is 4.42 Å². The second-order valence-corrected chi connectivity index (χ2v) is 3.89. The van der Waals surface area contributed by atoms with Gasteiger partial charge in [0.2, 0.25) is 11.8 Å². The van der Waals surface area contributed by atoms with Gasteiger partial charge in [-0.1, -0.05) is 0 Å².